The molecule has 1 saturated heterocycles. The normalized spacial score (nSPS) is 20.9. The van der Waals surface area contributed by atoms with E-state index in [0.717, 1.165) is 49.0 Å². The molecule has 1 aromatic heterocycles. The Balaban J connectivity index is 1.48. The van der Waals surface area contributed by atoms with Gasteiger partial charge < -0.3 is 10.0 Å². The Hall–Kier alpha value is -2.63. The van der Waals surface area contributed by atoms with Crippen molar-refractivity contribution in [3.8, 4) is 0 Å². The predicted octanol–water partition coefficient (Wildman–Crippen LogP) is 4.18. The van der Waals surface area contributed by atoms with Crippen LogP contribution in [0.15, 0.2) is 30.5 Å². The van der Waals surface area contributed by atoms with E-state index in [2.05, 4.69) is 10.2 Å². The molecule has 2 N–H and O–H groups in total. The smallest absolute Gasteiger partial charge is 0.335 e. The number of rotatable bonds is 4. The number of carboxylic acids is 1. The second-order valence-corrected chi connectivity index (χ2v) is 8.05. The van der Waals surface area contributed by atoms with Gasteiger partial charge >= 0.3 is 5.97 Å². The standard InChI is InChI=1S/C22H27N3O3/c26-21(19-13-23-24-20(19)16-5-2-1-3-6-16)25-12-4-7-18(14-25)15-8-10-17(11-9-15)22(27)28/h8-11,13,16,18H,1-7,12,14H2,(H,23,24)(H,27,28)/t18-/m1/s1. The fourth-order valence-electron chi connectivity index (χ4n) is 4.67. The van der Waals surface area contributed by atoms with Crippen molar-refractivity contribution in [2.75, 3.05) is 13.1 Å². The number of benzene rings is 1. The minimum Gasteiger partial charge on any atom is -0.478 e. The molecule has 2 fully saturated rings. The summed E-state index contributed by atoms with van der Waals surface area (Å²) in [4.78, 5) is 26.2. The summed E-state index contributed by atoms with van der Waals surface area (Å²) in [5, 5.41) is 16.4. The Morgan fingerprint density at radius 2 is 1.71 bits per heavy atom. The molecule has 6 nitrogen and oxygen atoms in total. The van der Waals surface area contributed by atoms with Gasteiger partial charge in [-0.05, 0) is 43.4 Å². The van der Waals surface area contributed by atoms with Crippen molar-refractivity contribution >= 4 is 11.9 Å². The molecule has 0 spiro atoms. The molecule has 0 unspecified atom stereocenters. The number of carbonyl (C=O) groups excluding carboxylic acids is 1. The number of hydrogen-bond donors (Lipinski definition) is 2. The minimum atomic E-state index is -0.915. The highest BCUT2D eigenvalue weighted by Gasteiger charge is 2.30. The van der Waals surface area contributed by atoms with Gasteiger partial charge in [0.15, 0.2) is 0 Å². The van der Waals surface area contributed by atoms with E-state index < -0.39 is 5.97 Å². The van der Waals surface area contributed by atoms with Gasteiger partial charge in [-0.25, -0.2) is 4.79 Å². The van der Waals surface area contributed by atoms with E-state index in [1.54, 1.807) is 18.3 Å². The van der Waals surface area contributed by atoms with Crippen LogP contribution in [0.4, 0.5) is 0 Å². The average Bonchev–Trinajstić information content (AvgIpc) is 3.24. The fraction of sp³-hybridized carbons (Fsp3) is 0.500. The number of amides is 1. The Bertz CT molecular complexity index is 837. The second-order valence-electron chi connectivity index (χ2n) is 8.05. The summed E-state index contributed by atoms with van der Waals surface area (Å²) in [6, 6.07) is 7.06. The molecule has 4 rings (SSSR count). The van der Waals surface area contributed by atoms with Crippen molar-refractivity contribution in [3.63, 3.8) is 0 Å². The van der Waals surface area contributed by atoms with Crippen LogP contribution in [0, 0.1) is 0 Å². The summed E-state index contributed by atoms with van der Waals surface area (Å²) in [5.41, 5.74) is 3.14. The highest BCUT2D eigenvalue weighted by atomic mass is 16.4. The number of aromatic amines is 1. The van der Waals surface area contributed by atoms with Crippen molar-refractivity contribution in [1.82, 2.24) is 15.1 Å². The van der Waals surface area contributed by atoms with Gasteiger partial charge in [0.25, 0.3) is 5.91 Å². The number of hydrogen-bond acceptors (Lipinski definition) is 3. The first-order valence-electron chi connectivity index (χ1n) is 10.3. The Morgan fingerprint density at radius 1 is 1.00 bits per heavy atom. The summed E-state index contributed by atoms with van der Waals surface area (Å²) in [7, 11) is 0. The third-order valence-corrected chi connectivity index (χ3v) is 6.25. The molecule has 1 amide bonds. The average molecular weight is 381 g/mol. The summed E-state index contributed by atoms with van der Waals surface area (Å²) < 4.78 is 0. The number of likely N-dealkylation sites (tertiary alicyclic amines) is 1. The molecule has 6 heteroatoms. The lowest BCUT2D eigenvalue weighted by atomic mass is 9.85. The Labute approximate surface area is 164 Å². The molecule has 0 radical (unpaired) electrons. The van der Waals surface area contributed by atoms with Crippen LogP contribution in [0.5, 0.6) is 0 Å². The van der Waals surface area contributed by atoms with Gasteiger partial charge in [-0.3, -0.25) is 9.89 Å². The fourth-order valence-corrected chi connectivity index (χ4v) is 4.67. The van der Waals surface area contributed by atoms with Crippen LogP contribution in [0.1, 0.15) is 88.8 Å². The maximum Gasteiger partial charge on any atom is 0.335 e. The van der Waals surface area contributed by atoms with E-state index in [0.29, 0.717) is 18.0 Å². The number of aromatic nitrogens is 2. The topological polar surface area (TPSA) is 86.3 Å². The van der Waals surface area contributed by atoms with Crippen molar-refractivity contribution in [1.29, 1.82) is 0 Å². The molecular formula is C22H27N3O3. The van der Waals surface area contributed by atoms with E-state index >= 15 is 0 Å². The predicted molar refractivity (Wildman–Crippen MR) is 106 cm³/mol. The molecule has 0 bridgehead atoms. The van der Waals surface area contributed by atoms with E-state index in [4.69, 9.17) is 5.11 Å². The van der Waals surface area contributed by atoms with Gasteiger partial charge in [0, 0.05) is 24.9 Å². The highest BCUT2D eigenvalue weighted by Crippen LogP contribution is 2.34. The molecule has 2 heterocycles. The van der Waals surface area contributed by atoms with Crippen molar-refractivity contribution in [2.45, 2.75) is 56.8 Å². The van der Waals surface area contributed by atoms with Gasteiger partial charge in [-0.15, -0.1) is 0 Å². The maximum absolute atomic E-state index is 13.2. The lowest BCUT2D eigenvalue weighted by molar-refractivity contribution is 0.0693. The molecule has 1 aromatic carbocycles. The minimum absolute atomic E-state index is 0.0705. The van der Waals surface area contributed by atoms with Crippen LogP contribution >= 0.6 is 0 Å². The number of nitrogens with zero attached hydrogens (tertiary/aromatic N) is 2. The van der Waals surface area contributed by atoms with Crippen LogP contribution in [-0.2, 0) is 0 Å². The number of carbonyl (C=O) groups is 2. The van der Waals surface area contributed by atoms with Crippen LogP contribution in [0.25, 0.3) is 0 Å². The molecule has 28 heavy (non-hydrogen) atoms. The molecule has 2 aliphatic rings. The van der Waals surface area contributed by atoms with Gasteiger partial charge in [0.05, 0.1) is 23.0 Å². The largest absolute Gasteiger partial charge is 0.478 e. The van der Waals surface area contributed by atoms with E-state index in [9.17, 15) is 9.59 Å². The molecule has 148 valence electrons. The van der Waals surface area contributed by atoms with Crippen LogP contribution in [0.3, 0.4) is 0 Å². The highest BCUT2D eigenvalue weighted by molar-refractivity contribution is 5.95. The van der Waals surface area contributed by atoms with Gasteiger partial charge in [-0.1, -0.05) is 31.4 Å². The first-order chi connectivity index (χ1) is 13.6. The number of carboxylic acid groups (broad SMARTS) is 1. The number of aromatic carboxylic acids is 1. The van der Waals surface area contributed by atoms with Gasteiger partial charge in [-0.2, -0.15) is 5.10 Å². The monoisotopic (exact) mass is 381 g/mol. The molecule has 1 aliphatic heterocycles. The molecule has 1 saturated carbocycles. The van der Waals surface area contributed by atoms with Crippen LogP contribution in [0.2, 0.25) is 0 Å². The zero-order valence-corrected chi connectivity index (χ0v) is 16.1. The second kappa shape index (κ2) is 8.17. The number of H-pyrrole nitrogens is 1. The van der Waals surface area contributed by atoms with E-state index in [1.807, 2.05) is 17.0 Å². The molecule has 2 aromatic rings. The third-order valence-electron chi connectivity index (χ3n) is 6.25. The van der Waals surface area contributed by atoms with Crippen LogP contribution < -0.4 is 0 Å². The first kappa shape index (κ1) is 18.7. The quantitative estimate of drug-likeness (QED) is 0.832. The lowest BCUT2D eigenvalue weighted by Crippen LogP contribution is -2.39. The van der Waals surface area contributed by atoms with Gasteiger partial charge in [0.1, 0.15) is 0 Å². The van der Waals surface area contributed by atoms with Gasteiger partial charge in [0.2, 0.25) is 0 Å². The van der Waals surface area contributed by atoms with E-state index in [-0.39, 0.29) is 11.8 Å². The summed E-state index contributed by atoms with van der Waals surface area (Å²) in [6.07, 6.45) is 9.62. The summed E-state index contributed by atoms with van der Waals surface area (Å²) in [5.74, 6) is -0.187. The number of piperidine rings is 1. The van der Waals surface area contributed by atoms with Crippen LogP contribution in [-0.4, -0.2) is 45.2 Å². The van der Waals surface area contributed by atoms with Crippen molar-refractivity contribution in [2.24, 2.45) is 0 Å². The molecular weight excluding hydrogens is 354 g/mol. The Morgan fingerprint density at radius 3 is 2.43 bits per heavy atom. The number of nitrogens with one attached hydrogen (secondary N) is 1. The van der Waals surface area contributed by atoms with Crippen molar-refractivity contribution in [3.05, 3.63) is 52.8 Å². The third kappa shape index (κ3) is 3.81. The maximum atomic E-state index is 13.2. The zero-order valence-electron chi connectivity index (χ0n) is 16.1. The summed E-state index contributed by atoms with van der Waals surface area (Å²) in [6.45, 7) is 1.43. The SMILES string of the molecule is O=C(O)c1ccc([C@@H]2CCCN(C(=O)c3cn[nH]c3C3CCCCC3)C2)cc1. The lowest BCUT2D eigenvalue weighted by Gasteiger charge is -2.33. The van der Waals surface area contributed by atoms with Crippen molar-refractivity contribution < 1.29 is 14.7 Å². The molecule has 1 atom stereocenters. The Kier molecular flexibility index (Phi) is 5.46. The van der Waals surface area contributed by atoms with E-state index in [1.165, 1.54) is 19.3 Å². The molecule has 1 aliphatic carbocycles. The zero-order chi connectivity index (χ0) is 19.5. The first-order valence-corrected chi connectivity index (χ1v) is 10.3. The summed E-state index contributed by atoms with van der Waals surface area (Å²) >= 11 is 0.